The second-order valence-corrected chi connectivity index (χ2v) is 5.27. The van der Waals surface area contributed by atoms with Crippen LogP contribution in [0.25, 0.3) is 11.1 Å². The van der Waals surface area contributed by atoms with E-state index >= 15 is 0 Å². The lowest BCUT2D eigenvalue weighted by molar-refractivity contribution is 0.411. The third-order valence-electron chi connectivity index (χ3n) is 3.83. The smallest absolute Gasteiger partial charge is 0.122 e. The molecule has 0 heterocycles. The van der Waals surface area contributed by atoms with E-state index in [9.17, 15) is 0 Å². The molecule has 106 valence electrons. The Kier molecular flexibility index (Phi) is 4.46. The highest BCUT2D eigenvalue weighted by molar-refractivity contribution is 5.69. The van der Waals surface area contributed by atoms with Crippen molar-refractivity contribution in [3.63, 3.8) is 0 Å². The Morgan fingerprint density at radius 1 is 1.05 bits per heavy atom. The standard InChI is InChI=1S/C18H23NO/c1-5-17(19)15-8-6-14(7-9-15)16-10-13(3)18(20-4)11-12(16)2/h6-11,17H,5,19H2,1-4H3. The Morgan fingerprint density at radius 3 is 2.25 bits per heavy atom. The molecule has 0 spiro atoms. The minimum absolute atomic E-state index is 0.128. The molecule has 2 nitrogen and oxygen atoms in total. The maximum atomic E-state index is 6.06. The van der Waals surface area contributed by atoms with Crippen LogP contribution in [0.5, 0.6) is 5.75 Å². The summed E-state index contributed by atoms with van der Waals surface area (Å²) in [5, 5.41) is 0. The fourth-order valence-electron chi connectivity index (χ4n) is 2.47. The lowest BCUT2D eigenvalue weighted by Crippen LogP contribution is -2.08. The van der Waals surface area contributed by atoms with E-state index in [0.717, 1.165) is 17.7 Å². The van der Waals surface area contributed by atoms with Gasteiger partial charge in [-0.15, -0.1) is 0 Å². The Labute approximate surface area is 121 Å². The fraction of sp³-hybridized carbons (Fsp3) is 0.333. The molecule has 0 saturated carbocycles. The van der Waals surface area contributed by atoms with E-state index in [1.807, 2.05) is 0 Å². The van der Waals surface area contributed by atoms with Crippen LogP contribution < -0.4 is 10.5 Å². The lowest BCUT2D eigenvalue weighted by Gasteiger charge is -2.13. The maximum Gasteiger partial charge on any atom is 0.122 e. The van der Waals surface area contributed by atoms with Crippen LogP contribution in [0.1, 0.15) is 36.1 Å². The number of hydrogen-bond acceptors (Lipinski definition) is 2. The summed E-state index contributed by atoms with van der Waals surface area (Å²) in [5.41, 5.74) is 12.1. The Bertz CT molecular complexity index is 587. The third-order valence-corrected chi connectivity index (χ3v) is 3.83. The molecule has 1 unspecified atom stereocenters. The molecule has 0 saturated heterocycles. The van der Waals surface area contributed by atoms with E-state index in [4.69, 9.17) is 10.5 Å². The summed E-state index contributed by atoms with van der Waals surface area (Å²) in [6.07, 6.45) is 0.958. The summed E-state index contributed by atoms with van der Waals surface area (Å²) in [6.45, 7) is 6.29. The van der Waals surface area contributed by atoms with Gasteiger partial charge in [0, 0.05) is 6.04 Å². The predicted molar refractivity (Wildman–Crippen MR) is 85.1 cm³/mol. The van der Waals surface area contributed by atoms with Crippen molar-refractivity contribution >= 4 is 0 Å². The molecular formula is C18H23NO. The van der Waals surface area contributed by atoms with Crippen molar-refractivity contribution in [1.82, 2.24) is 0 Å². The molecule has 0 aliphatic rings. The number of nitrogens with two attached hydrogens (primary N) is 1. The lowest BCUT2D eigenvalue weighted by atomic mass is 9.95. The normalized spacial score (nSPS) is 12.2. The monoisotopic (exact) mass is 269 g/mol. The molecule has 0 radical (unpaired) electrons. The van der Waals surface area contributed by atoms with Gasteiger partial charge < -0.3 is 10.5 Å². The highest BCUT2D eigenvalue weighted by Crippen LogP contribution is 2.30. The van der Waals surface area contributed by atoms with E-state index in [0.29, 0.717) is 0 Å². The summed E-state index contributed by atoms with van der Waals surface area (Å²) in [7, 11) is 1.71. The van der Waals surface area contributed by atoms with Gasteiger partial charge in [-0.1, -0.05) is 31.2 Å². The number of methoxy groups -OCH3 is 1. The largest absolute Gasteiger partial charge is 0.496 e. The van der Waals surface area contributed by atoms with Gasteiger partial charge in [-0.05, 0) is 60.2 Å². The summed E-state index contributed by atoms with van der Waals surface area (Å²) in [6, 6.07) is 13.0. The molecule has 0 fully saturated rings. The third kappa shape index (κ3) is 2.86. The van der Waals surface area contributed by atoms with E-state index in [-0.39, 0.29) is 6.04 Å². The first kappa shape index (κ1) is 14.6. The van der Waals surface area contributed by atoms with Gasteiger partial charge in [0.25, 0.3) is 0 Å². The Hall–Kier alpha value is -1.80. The Balaban J connectivity index is 2.39. The van der Waals surface area contributed by atoms with Crippen LogP contribution >= 0.6 is 0 Å². The van der Waals surface area contributed by atoms with Crippen LogP contribution in [0.2, 0.25) is 0 Å². The molecule has 2 heteroatoms. The van der Waals surface area contributed by atoms with Crippen molar-refractivity contribution in [2.24, 2.45) is 5.73 Å². The Morgan fingerprint density at radius 2 is 1.70 bits per heavy atom. The van der Waals surface area contributed by atoms with Crippen molar-refractivity contribution in [3.8, 4) is 16.9 Å². The first-order valence-electron chi connectivity index (χ1n) is 7.08. The van der Waals surface area contributed by atoms with E-state index in [2.05, 4.69) is 57.2 Å². The molecular weight excluding hydrogens is 246 g/mol. The molecule has 2 rings (SSSR count). The summed E-state index contributed by atoms with van der Waals surface area (Å²) >= 11 is 0. The van der Waals surface area contributed by atoms with Gasteiger partial charge in [-0.3, -0.25) is 0 Å². The number of rotatable bonds is 4. The van der Waals surface area contributed by atoms with Crippen LogP contribution in [-0.2, 0) is 0 Å². The SMILES string of the molecule is CCC(N)c1ccc(-c2cc(C)c(OC)cc2C)cc1. The van der Waals surface area contributed by atoms with E-state index < -0.39 is 0 Å². The van der Waals surface area contributed by atoms with E-state index in [1.54, 1.807) is 7.11 Å². The molecule has 2 aromatic rings. The molecule has 2 aromatic carbocycles. The zero-order valence-electron chi connectivity index (χ0n) is 12.7. The van der Waals surface area contributed by atoms with Crippen LogP contribution in [0.3, 0.4) is 0 Å². The molecule has 0 bridgehead atoms. The van der Waals surface area contributed by atoms with Crippen LogP contribution in [-0.4, -0.2) is 7.11 Å². The zero-order chi connectivity index (χ0) is 14.7. The maximum absolute atomic E-state index is 6.06. The van der Waals surface area contributed by atoms with Gasteiger partial charge >= 0.3 is 0 Å². The van der Waals surface area contributed by atoms with Crippen molar-refractivity contribution in [2.45, 2.75) is 33.2 Å². The highest BCUT2D eigenvalue weighted by Gasteiger charge is 2.08. The van der Waals surface area contributed by atoms with Crippen molar-refractivity contribution in [2.75, 3.05) is 7.11 Å². The zero-order valence-corrected chi connectivity index (χ0v) is 12.7. The van der Waals surface area contributed by atoms with Crippen LogP contribution in [0.15, 0.2) is 36.4 Å². The topological polar surface area (TPSA) is 35.2 Å². The molecule has 20 heavy (non-hydrogen) atoms. The van der Waals surface area contributed by atoms with Crippen LogP contribution in [0.4, 0.5) is 0 Å². The summed E-state index contributed by atoms with van der Waals surface area (Å²) < 4.78 is 5.37. The number of benzene rings is 2. The molecule has 0 aromatic heterocycles. The molecule has 1 atom stereocenters. The second kappa shape index (κ2) is 6.10. The van der Waals surface area contributed by atoms with Gasteiger partial charge in [-0.25, -0.2) is 0 Å². The minimum atomic E-state index is 0.128. The summed E-state index contributed by atoms with van der Waals surface area (Å²) in [4.78, 5) is 0. The summed E-state index contributed by atoms with van der Waals surface area (Å²) in [5.74, 6) is 0.941. The minimum Gasteiger partial charge on any atom is -0.496 e. The van der Waals surface area contributed by atoms with Crippen LogP contribution in [0, 0.1) is 13.8 Å². The van der Waals surface area contributed by atoms with Crippen molar-refractivity contribution in [3.05, 3.63) is 53.1 Å². The molecule has 0 aliphatic carbocycles. The van der Waals surface area contributed by atoms with Gasteiger partial charge in [0.2, 0.25) is 0 Å². The molecule has 0 amide bonds. The first-order chi connectivity index (χ1) is 9.56. The number of aryl methyl sites for hydroxylation is 2. The quantitative estimate of drug-likeness (QED) is 0.893. The number of ether oxygens (including phenoxy) is 1. The van der Waals surface area contributed by atoms with Gasteiger partial charge in [0.05, 0.1) is 7.11 Å². The number of hydrogen-bond donors (Lipinski definition) is 1. The molecule has 2 N–H and O–H groups in total. The average molecular weight is 269 g/mol. The molecule has 0 aliphatic heterocycles. The average Bonchev–Trinajstić information content (AvgIpc) is 2.48. The van der Waals surface area contributed by atoms with Crippen molar-refractivity contribution in [1.29, 1.82) is 0 Å². The van der Waals surface area contributed by atoms with Crippen molar-refractivity contribution < 1.29 is 4.74 Å². The second-order valence-electron chi connectivity index (χ2n) is 5.27. The van der Waals surface area contributed by atoms with Gasteiger partial charge in [0.15, 0.2) is 0 Å². The fourth-order valence-corrected chi connectivity index (χ4v) is 2.47. The predicted octanol–water partition coefficient (Wildman–Crippen LogP) is 4.39. The highest BCUT2D eigenvalue weighted by atomic mass is 16.5. The van der Waals surface area contributed by atoms with Gasteiger partial charge in [0.1, 0.15) is 5.75 Å². The first-order valence-corrected chi connectivity index (χ1v) is 7.08. The van der Waals surface area contributed by atoms with E-state index in [1.165, 1.54) is 22.3 Å². The van der Waals surface area contributed by atoms with Gasteiger partial charge in [-0.2, -0.15) is 0 Å².